The summed E-state index contributed by atoms with van der Waals surface area (Å²) < 4.78 is 2.18. The molecule has 2 aromatic heterocycles. The molecule has 0 unspecified atom stereocenters. The zero-order chi connectivity index (χ0) is 18.9. The summed E-state index contributed by atoms with van der Waals surface area (Å²) in [5.74, 6) is 1.03. The Balaban J connectivity index is 1.75. The molecule has 1 aliphatic heterocycles. The van der Waals surface area contributed by atoms with Gasteiger partial charge in [-0.25, -0.2) is 9.97 Å². The highest BCUT2D eigenvalue weighted by Gasteiger charge is 2.22. The molecule has 0 aliphatic carbocycles. The van der Waals surface area contributed by atoms with Crippen molar-refractivity contribution < 1.29 is 0 Å². The highest BCUT2D eigenvalue weighted by molar-refractivity contribution is 6.02. The Labute approximate surface area is 164 Å². The first-order chi connectivity index (χ1) is 13.8. The summed E-state index contributed by atoms with van der Waals surface area (Å²) in [7, 11) is 2.17. The van der Waals surface area contributed by atoms with Crippen LogP contribution in [0.1, 0.15) is 0 Å². The van der Waals surface area contributed by atoms with Crippen LogP contribution in [0.15, 0.2) is 73.2 Å². The normalized spacial score (nSPS) is 15.2. The number of rotatable bonds is 3. The maximum Gasteiger partial charge on any atom is 0.150 e. The number of piperazine rings is 1. The van der Waals surface area contributed by atoms with Crippen LogP contribution in [0.5, 0.6) is 0 Å². The molecular formula is C23H23N5. The topological polar surface area (TPSA) is 37.2 Å². The molecule has 2 aromatic carbocycles. The lowest BCUT2D eigenvalue weighted by atomic mass is 10.1. The molecule has 0 amide bonds. The van der Waals surface area contributed by atoms with E-state index in [1.165, 1.54) is 11.1 Å². The Bertz CT molecular complexity index is 1080. The van der Waals surface area contributed by atoms with Crippen molar-refractivity contribution in [2.75, 3.05) is 38.1 Å². The van der Waals surface area contributed by atoms with Crippen LogP contribution < -0.4 is 4.90 Å². The van der Waals surface area contributed by atoms with E-state index < -0.39 is 0 Å². The van der Waals surface area contributed by atoms with Gasteiger partial charge >= 0.3 is 0 Å². The van der Waals surface area contributed by atoms with Gasteiger partial charge in [-0.2, -0.15) is 0 Å². The van der Waals surface area contributed by atoms with Crippen molar-refractivity contribution in [3.63, 3.8) is 0 Å². The zero-order valence-corrected chi connectivity index (χ0v) is 16.0. The van der Waals surface area contributed by atoms with Crippen molar-refractivity contribution in [1.82, 2.24) is 19.4 Å². The third kappa shape index (κ3) is 2.94. The van der Waals surface area contributed by atoms with Crippen LogP contribution in [0.4, 0.5) is 5.82 Å². The van der Waals surface area contributed by atoms with E-state index in [9.17, 15) is 0 Å². The monoisotopic (exact) mass is 369 g/mol. The van der Waals surface area contributed by atoms with Gasteiger partial charge in [0.1, 0.15) is 12.1 Å². The van der Waals surface area contributed by atoms with E-state index in [0.717, 1.165) is 48.7 Å². The molecule has 4 aromatic rings. The lowest BCUT2D eigenvalue weighted by molar-refractivity contribution is 0.312. The average molecular weight is 369 g/mol. The second-order valence-electron chi connectivity index (χ2n) is 7.30. The minimum absolute atomic E-state index is 0.953. The number of para-hydroxylation sites is 1. The molecule has 0 radical (unpaired) electrons. The number of hydrogen-bond acceptors (Lipinski definition) is 4. The number of benzene rings is 2. The Kier molecular flexibility index (Phi) is 4.29. The molecule has 5 nitrogen and oxygen atoms in total. The van der Waals surface area contributed by atoms with E-state index in [-0.39, 0.29) is 0 Å². The number of anilines is 1. The molecule has 3 heterocycles. The minimum Gasteiger partial charge on any atom is -0.353 e. The summed E-state index contributed by atoms with van der Waals surface area (Å²) in [5.41, 5.74) is 4.42. The van der Waals surface area contributed by atoms with Crippen molar-refractivity contribution in [3.05, 3.63) is 73.2 Å². The lowest BCUT2D eigenvalue weighted by Gasteiger charge is -2.33. The van der Waals surface area contributed by atoms with Crippen molar-refractivity contribution >= 4 is 16.9 Å². The molecular weight excluding hydrogens is 346 g/mol. The fourth-order valence-electron chi connectivity index (χ4n) is 3.93. The third-order valence-electron chi connectivity index (χ3n) is 5.48. The third-order valence-corrected chi connectivity index (χ3v) is 5.48. The Morgan fingerprint density at radius 1 is 0.786 bits per heavy atom. The molecule has 140 valence electrons. The van der Waals surface area contributed by atoms with Gasteiger partial charge in [0.2, 0.25) is 0 Å². The Hall–Kier alpha value is -3.18. The molecule has 28 heavy (non-hydrogen) atoms. The van der Waals surface area contributed by atoms with Crippen LogP contribution in [0.25, 0.3) is 27.8 Å². The number of nitrogens with zero attached hydrogens (tertiary/aromatic N) is 5. The summed E-state index contributed by atoms with van der Waals surface area (Å²) in [6.07, 6.45) is 3.90. The van der Waals surface area contributed by atoms with Crippen LogP contribution in [0, 0.1) is 0 Å². The van der Waals surface area contributed by atoms with Crippen molar-refractivity contribution in [2.45, 2.75) is 0 Å². The molecule has 0 N–H and O–H groups in total. The lowest BCUT2D eigenvalue weighted by Crippen LogP contribution is -2.44. The van der Waals surface area contributed by atoms with E-state index >= 15 is 0 Å². The number of fused-ring (bicyclic) bond motifs is 1. The first-order valence-electron chi connectivity index (χ1n) is 9.71. The predicted octanol–water partition coefficient (Wildman–Crippen LogP) is 3.84. The van der Waals surface area contributed by atoms with Gasteiger partial charge in [0.05, 0.1) is 5.39 Å². The standard InChI is InChI=1S/C23H23N5/c1-26-12-14-27(15-13-26)22-21-20(18-8-4-2-5-9-18)16-28(23(21)25-17-24-22)19-10-6-3-7-11-19/h2-11,16-17H,12-15H2,1H3. The average Bonchev–Trinajstić information content (AvgIpc) is 3.16. The predicted molar refractivity (Wildman–Crippen MR) is 114 cm³/mol. The second kappa shape index (κ2) is 7.09. The summed E-state index contributed by atoms with van der Waals surface area (Å²) in [6.45, 7) is 4.05. The van der Waals surface area contributed by atoms with E-state index in [0.29, 0.717) is 0 Å². The maximum atomic E-state index is 4.73. The SMILES string of the molecule is CN1CCN(c2ncnc3c2c(-c2ccccc2)cn3-c2ccccc2)CC1. The van der Waals surface area contributed by atoms with E-state index in [1.54, 1.807) is 6.33 Å². The van der Waals surface area contributed by atoms with E-state index in [4.69, 9.17) is 4.98 Å². The summed E-state index contributed by atoms with van der Waals surface area (Å²) >= 11 is 0. The van der Waals surface area contributed by atoms with E-state index in [2.05, 4.69) is 87.2 Å². The van der Waals surface area contributed by atoms with Crippen LogP contribution >= 0.6 is 0 Å². The van der Waals surface area contributed by atoms with Gasteiger partial charge in [-0.1, -0.05) is 48.5 Å². The minimum atomic E-state index is 0.953. The van der Waals surface area contributed by atoms with E-state index in [1.807, 2.05) is 6.07 Å². The molecule has 5 heteroatoms. The maximum absolute atomic E-state index is 4.73. The highest BCUT2D eigenvalue weighted by Crippen LogP contribution is 2.36. The summed E-state index contributed by atoms with van der Waals surface area (Å²) in [4.78, 5) is 14.2. The van der Waals surface area contributed by atoms with Gasteiger partial charge < -0.3 is 14.4 Å². The van der Waals surface area contributed by atoms with Crippen molar-refractivity contribution in [3.8, 4) is 16.8 Å². The highest BCUT2D eigenvalue weighted by atomic mass is 15.3. The molecule has 0 atom stereocenters. The first-order valence-corrected chi connectivity index (χ1v) is 9.71. The molecule has 0 bridgehead atoms. The smallest absolute Gasteiger partial charge is 0.150 e. The number of aromatic nitrogens is 3. The van der Waals surface area contributed by atoms with Crippen molar-refractivity contribution in [1.29, 1.82) is 0 Å². The largest absolute Gasteiger partial charge is 0.353 e. The summed E-state index contributed by atoms with van der Waals surface area (Å²) in [5, 5.41) is 1.13. The Morgan fingerprint density at radius 2 is 1.46 bits per heavy atom. The zero-order valence-electron chi connectivity index (χ0n) is 16.0. The number of hydrogen-bond donors (Lipinski definition) is 0. The molecule has 5 rings (SSSR count). The van der Waals surface area contributed by atoms with Crippen LogP contribution in [0.3, 0.4) is 0 Å². The first kappa shape index (κ1) is 17.0. The van der Waals surface area contributed by atoms with Crippen molar-refractivity contribution in [2.24, 2.45) is 0 Å². The summed E-state index contributed by atoms with van der Waals surface area (Å²) in [6, 6.07) is 20.9. The number of likely N-dealkylation sites (N-methyl/N-ethyl adjacent to an activating group) is 1. The Morgan fingerprint density at radius 3 is 2.18 bits per heavy atom. The molecule has 1 aliphatic rings. The van der Waals surface area contributed by atoms with Gasteiger partial charge in [0.15, 0.2) is 5.65 Å². The van der Waals surface area contributed by atoms with Crippen LogP contribution in [0.2, 0.25) is 0 Å². The fourth-order valence-corrected chi connectivity index (χ4v) is 3.93. The van der Waals surface area contributed by atoms with Crippen LogP contribution in [-0.4, -0.2) is 52.7 Å². The molecule has 0 spiro atoms. The van der Waals surface area contributed by atoms with Crippen LogP contribution in [-0.2, 0) is 0 Å². The van der Waals surface area contributed by atoms with Gasteiger partial charge in [0.25, 0.3) is 0 Å². The van der Waals surface area contributed by atoms with Gasteiger partial charge in [-0.15, -0.1) is 0 Å². The van der Waals surface area contributed by atoms with Gasteiger partial charge in [-0.3, -0.25) is 0 Å². The second-order valence-corrected chi connectivity index (χ2v) is 7.30. The van der Waals surface area contributed by atoms with Gasteiger partial charge in [-0.05, 0) is 24.7 Å². The molecule has 1 fully saturated rings. The fraction of sp³-hybridized carbons (Fsp3) is 0.217. The van der Waals surface area contributed by atoms with Gasteiger partial charge in [0, 0.05) is 43.6 Å². The molecule has 0 saturated carbocycles. The quantitative estimate of drug-likeness (QED) is 0.550. The molecule has 1 saturated heterocycles.